The molecule has 1 aromatic carbocycles. The first-order chi connectivity index (χ1) is 13.1. The number of hydrogen-bond donors (Lipinski definition) is 2. The van der Waals surface area contributed by atoms with Crippen LogP contribution in [0.3, 0.4) is 0 Å². The van der Waals surface area contributed by atoms with Gasteiger partial charge >= 0.3 is 0 Å². The Morgan fingerprint density at radius 3 is 2.89 bits per heavy atom. The minimum Gasteiger partial charge on any atom is -0.488 e. The number of nitrogens with one attached hydrogen (secondary N) is 2. The van der Waals surface area contributed by atoms with E-state index < -0.39 is 6.04 Å². The Labute approximate surface area is 160 Å². The van der Waals surface area contributed by atoms with E-state index in [2.05, 4.69) is 10.6 Å². The van der Waals surface area contributed by atoms with Crippen molar-refractivity contribution in [2.75, 3.05) is 0 Å². The van der Waals surface area contributed by atoms with Crippen LogP contribution in [0.15, 0.2) is 53.1 Å². The topological polar surface area (TPSA) is 80.6 Å². The minimum atomic E-state index is -0.657. The lowest BCUT2D eigenvalue weighted by Gasteiger charge is -2.16. The van der Waals surface area contributed by atoms with Crippen molar-refractivity contribution >= 4 is 23.2 Å². The number of para-hydroxylation sites is 1. The minimum absolute atomic E-state index is 0.269. The summed E-state index contributed by atoms with van der Waals surface area (Å²) in [5.41, 5.74) is 1.98. The van der Waals surface area contributed by atoms with Gasteiger partial charge in [-0.15, -0.1) is 11.3 Å². The number of hydrogen-bond acceptors (Lipinski definition) is 5. The van der Waals surface area contributed by atoms with Gasteiger partial charge in [0.1, 0.15) is 24.2 Å². The van der Waals surface area contributed by atoms with Crippen LogP contribution in [0.4, 0.5) is 0 Å². The average Bonchev–Trinajstić information content (AvgIpc) is 3.35. The quantitative estimate of drug-likeness (QED) is 0.709. The average molecular weight is 382 g/mol. The molecular formula is C20H18N2O4S. The summed E-state index contributed by atoms with van der Waals surface area (Å²) >= 11 is 1.41. The van der Waals surface area contributed by atoms with Crippen molar-refractivity contribution in [3.63, 3.8) is 0 Å². The van der Waals surface area contributed by atoms with Crippen LogP contribution >= 0.6 is 11.3 Å². The third-order valence-corrected chi connectivity index (χ3v) is 5.51. The predicted molar refractivity (Wildman–Crippen MR) is 102 cm³/mol. The Morgan fingerprint density at radius 2 is 2.07 bits per heavy atom. The highest BCUT2D eigenvalue weighted by molar-refractivity contribution is 7.17. The lowest BCUT2D eigenvalue weighted by Crippen LogP contribution is -2.44. The monoisotopic (exact) mass is 382 g/mol. The molecule has 138 valence electrons. The second-order valence-corrected chi connectivity index (χ2v) is 7.29. The van der Waals surface area contributed by atoms with Gasteiger partial charge in [-0.1, -0.05) is 12.1 Å². The Bertz CT molecular complexity index is 978. The summed E-state index contributed by atoms with van der Waals surface area (Å²) in [4.78, 5) is 26.4. The van der Waals surface area contributed by atoms with E-state index in [0.29, 0.717) is 17.2 Å². The Morgan fingerprint density at radius 1 is 1.22 bits per heavy atom. The molecule has 0 spiro atoms. The number of furan rings is 1. The molecule has 2 aromatic heterocycles. The molecule has 1 aliphatic heterocycles. The smallest absolute Gasteiger partial charge is 0.262 e. The number of benzene rings is 1. The first-order valence-corrected chi connectivity index (χ1v) is 9.39. The number of ether oxygens (including phenoxy) is 1. The van der Waals surface area contributed by atoms with Crippen molar-refractivity contribution in [2.45, 2.75) is 26.1 Å². The first kappa shape index (κ1) is 17.4. The van der Waals surface area contributed by atoms with Crippen molar-refractivity contribution in [3.8, 4) is 16.2 Å². The molecule has 27 heavy (non-hydrogen) atoms. The molecule has 2 N–H and O–H groups in total. The van der Waals surface area contributed by atoms with Crippen LogP contribution in [-0.2, 0) is 17.9 Å². The Balaban J connectivity index is 1.42. The molecule has 2 amide bonds. The SMILES string of the molecule is CC(NC(=O)c1cc2c(s1)-c1ccccc1OC2)C(=O)NCc1ccco1. The molecule has 1 unspecified atom stereocenters. The fraction of sp³-hybridized carbons (Fsp3) is 0.200. The third-order valence-electron chi connectivity index (χ3n) is 4.31. The second kappa shape index (κ2) is 7.28. The zero-order chi connectivity index (χ0) is 18.8. The van der Waals surface area contributed by atoms with Crippen LogP contribution in [0.25, 0.3) is 10.4 Å². The summed E-state index contributed by atoms with van der Waals surface area (Å²) in [6, 6.07) is 12.5. The maximum absolute atomic E-state index is 12.6. The highest BCUT2D eigenvalue weighted by Gasteiger charge is 2.24. The molecule has 3 aromatic rings. The highest BCUT2D eigenvalue weighted by Crippen LogP contribution is 2.42. The molecule has 0 bridgehead atoms. The standard InChI is InChI=1S/C20H18N2O4S/c1-12(19(23)21-10-14-5-4-8-25-14)22-20(24)17-9-13-11-26-16-7-3-2-6-15(16)18(13)27-17/h2-9,12H,10-11H2,1H3,(H,21,23)(H,22,24). The number of fused-ring (bicyclic) bond motifs is 3. The van der Waals surface area contributed by atoms with Gasteiger partial charge in [0.25, 0.3) is 5.91 Å². The molecule has 0 aliphatic carbocycles. The number of amides is 2. The van der Waals surface area contributed by atoms with Crippen LogP contribution in [0, 0.1) is 0 Å². The van der Waals surface area contributed by atoms with Gasteiger partial charge in [-0.2, -0.15) is 0 Å². The summed E-state index contributed by atoms with van der Waals surface area (Å²) in [5.74, 6) is 0.943. The van der Waals surface area contributed by atoms with Crippen molar-refractivity contribution in [1.82, 2.24) is 10.6 Å². The molecule has 6 nitrogen and oxygen atoms in total. The van der Waals surface area contributed by atoms with E-state index in [0.717, 1.165) is 21.8 Å². The van der Waals surface area contributed by atoms with Gasteiger partial charge in [0.2, 0.25) is 5.91 Å². The third kappa shape index (κ3) is 3.59. The van der Waals surface area contributed by atoms with Crippen LogP contribution in [0.5, 0.6) is 5.75 Å². The highest BCUT2D eigenvalue weighted by atomic mass is 32.1. The van der Waals surface area contributed by atoms with Crippen LogP contribution in [0.1, 0.15) is 27.9 Å². The van der Waals surface area contributed by atoms with Crippen LogP contribution < -0.4 is 15.4 Å². The second-order valence-electron chi connectivity index (χ2n) is 6.24. The maximum atomic E-state index is 12.6. The normalized spacial score (nSPS) is 13.1. The van der Waals surface area contributed by atoms with Gasteiger partial charge < -0.3 is 19.8 Å². The number of carbonyl (C=O) groups is 2. The maximum Gasteiger partial charge on any atom is 0.262 e. The van der Waals surface area contributed by atoms with Crippen LogP contribution in [0.2, 0.25) is 0 Å². The number of rotatable bonds is 5. The van der Waals surface area contributed by atoms with Crippen LogP contribution in [-0.4, -0.2) is 17.9 Å². The predicted octanol–water partition coefficient (Wildman–Crippen LogP) is 3.34. The molecule has 1 aliphatic rings. The van der Waals surface area contributed by atoms with E-state index in [1.165, 1.54) is 11.3 Å². The fourth-order valence-corrected chi connectivity index (χ4v) is 3.99. The van der Waals surface area contributed by atoms with E-state index in [4.69, 9.17) is 9.15 Å². The molecular weight excluding hydrogens is 364 g/mol. The van der Waals surface area contributed by atoms with Gasteiger partial charge in [0.15, 0.2) is 0 Å². The summed E-state index contributed by atoms with van der Waals surface area (Å²) in [6.45, 7) is 2.38. The van der Waals surface area contributed by atoms with Gasteiger partial charge in [-0.05, 0) is 37.3 Å². The molecule has 3 heterocycles. The van der Waals surface area contributed by atoms with E-state index >= 15 is 0 Å². The molecule has 0 fully saturated rings. The van der Waals surface area contributed by atoms with Crippen molar-refractivity contribution in [1.29, 1.82) is 0 Å². The van der Waals surface area contributed by atoms with Crippen molar-refractivity contribution in [3.05, 3.63) is 64.9 Å². The fourth-order valence-electron chi connectivity index (χ4n) is 2.89. The lowest BCUT2D eigenvalue weighted by molar-refractivity contribution is -0.122. The molecule has 0 saturated heterocycles. The van der Waals surface area contributed by atoms with E-state index in [1.807, 2.05) is 30.3 Å². The largest absolute Gasteiger partial charge is 0.488 e. The van der Waals surface area contributed by atoms with E-state index in [1.54, 1.807) is 25.3 Å². The molecule has 0 radical (unpaired) electrons. The molecule has 7 heteroatoms. The molecule has 4 rings (SSSR count). The van der Waals surface area contributed by atoms with Gasteiger partial charge in [-0.25, -0.2) is 0 Å². The summed E-state index contributed by atoms with van der Waals surface area (Å²) < 4.78 is 10.9. The lowest BCUT2D eigenvalue weighted by atomic mass is 10.1. The summed E-state index contributed by atoms with van der Waals surface area (Å²) in [7, 11) is 0. The van der Waals surface area contributed by atoms with E-state index in [9.17, 15) is 9.59 Å². The Hall–Kier alpha value is -3.06. The van der Waals surface area contributed by atoms with Gasteiger partial charge in [0.05, 0.1) is 17.7 Å². The Kier molecular flexibility index (Phi) is 4.68. The molecule has 1 atom stereocenters. The first-order valence-electron chi connectivity index (χ1n) is 8.57. The number of carbonyl (C=O) groups excluding carboxylic acids is 2. The van der Waals surface area contributed by atoms with Crippen molar-refractivity contribution in [2.24, 2.45) is 0 Å². The summed E-state index contributed by atoms with van der Waals surface area (Å²) in [6.07, 6.45) is 1.55. The molecule has 0 saturated carbocycles. The zero-order valence-electron chi connectivity index (χ0n) is 14.7. The van der Waals surface area contributed by atoms with Crippen molar-refractivity contribution < 1.29 is 18.7 Å². The number of thiophene rings is 1. The zero-order valence-corrected chi connectivity index (χ0v) is 15.5. The van der Waals surface area contributed by atoms with Gasteiger partial charge in [0, 0.05) is 16.0 Å². The summed E-state index contributed by atoms with van der Waals surface area (Å²) in [5, 5.41) is 5.49. The van der Waals surface area contributed by atoms with E-state index in [-0.39, 0.29) is 18.4 Å². The van der Waals surface area contributed by atoms with Gasteiger partial charge in [-0.3, -0.25) is 9.59 Å².